The highest BCUT2D eigenvalue weighted by atomic mass is 16.5. The fourth-order valence-electron chi connectivity index (χ4n) is 1.91. The Morgan fingerprint density at radius 2 is 2.29 bits per heavy atom. The number of aliphatic carboxylic acids is 1. The van der Waals surface area contributed by atoms with Gasteiger partial charge in [-0.15, -0.1) is 0 Å². The van der Waals surface area contributed by atoms with E-state index in [1.54, 1.807) is 31.2 Å². The zero-order chi connectivity index (χ0) is 12.6. The second kappa shape index (κ2) is 4.17. The van der Waals surface area contributed by atoms with E-state index in [0.717, 1.165) is 0 Å². The van der Waals surface area contributed by atoms with Gasteiger partial charge in [-0.3, -0.25) is 9.48 Å². The van der Waals surface area contributed by atoms with Crippen molar-refractivity contribution < 1.29 is 19.4 Å². The molecule has 0 radical (unpaired) electrons. The topological polar surface area (TPSA) is 84.7 Å². The van der Waals surface area contributed by atoms with Crippen LogP contribution in [-0.2, 0) is 21.4 Å². The monoisotopic (exact) mass is 239 g/mol. The van der Waals surface area contributed by atoms with E-state index in [-0.39, 0.29) is 12.5 Å². The zero-order valence-corrected chi connectivity index (χ0v) is 9.53. The molecule has 92 valence electrons. The van der Waals surface area contributed by atoms with E-state index in [0.29, 0.717) is 5.56 Å². The van der Waals surface area contributed by atoms with Crippen LogP contribution in [0.3, 0.4) is 0 Å². The summed E-state index contributed by atoms with van der Waals surface area (Å²) >= 11 is 0. The molecule has 0 bridgehead atoms. The molecular weight excluding hydrogens is 226 g/mol. The zero-order valence-electron chi connectivity index (χ0n) is 9.53. The molecule has 0 aliphatic carbocycles. The predicted molar refractivity (Wildman–Crippen MR) is 56.1 cm³/mol. The summed E-state index contributed by atoms with van der Waals surface area (Å²) in [7, 11) is 3.29. The van der Waals surface area contributed by atoms with Crippen LogP contribution in [0.5, 0.6) is 0 Å². The van der Waals surface area contributed by atoms with Crippen LogP contribution in [0.4, 0.5) is 0 Å². The molecule has 1 saturated heterocycles. The van der Waals surface area contributed by atoms with E-state index in [2.05, 4.69) is 5.10 Å². The van der Waals surface area contributed by atoms with Crippen molar-refractivity contribution in [1.29, 1.82) is 0 Å². The Bertz CT molecular complexity index is 456. The third-order valence-electron chi connectivity index (χ3n) is 2.79. The molecule has 2 rings (SSSR count). The number of amides is 1. The number of hydrogen-bond donors (Lipinski definition) is 1. The molecule has 7 heteroatoms. The minimum absolute atomic E-state index is 0.204. The molecule has 7 nitrogen and oxygen atoms in total. The summed E-state index contributed by atoms with van der Waals surface area (Å²) in [5.41, 5.74) is 0.649. The van der Waals surface area contributed by atoms with Crippen LogP contribution in [0.25, 0.3) is 0 Å². The van der Waals surface area contributed by atoms with Crippen molar-refractivity contribution in [3.8, 4) is 0 Å². The lowest BCUT2D eigenvalue weighted by molar-refractivity contribution is -0.171. The van der Waals surface area contributed by atoms with E-state index >= 15 is 0 Å². The highest BCUT2D eigenvalue weighted by Gasteiger charge is 2.40. The van der Waals surface area contributed by atoms with Crippen molar-refractivity contribution in [2.75, 3.05) is 13.7 Å². The lowest BCUT2D eigenvalue weighted by atomic mass is 10.0. The number of carbonyl (C=O) groups excluding carboxylic acids is 1. The molecule has 1 aliphatic heterocycles. The highest BCUT2D eigenvalue weighted by Crippen LogP contribution is 2.28. The highest BCUT2D eigenvalue weighted by molar-refractivity contribution is 5.82. The normalized spacial score (nSPS) is 25.1. The van der Waals surface area contributed by atoms with Crippen LogP contribution in [0.2, 0.25) is 0 Å². The average Bonchev–Trinajstić information content (AvgIpc) is 2.68. The Morgan fingerprint density at radius 3 is 2.82 bits per heavy atom. The van der Waals surface area contributed by atoms with E-state index in [4.69, 9.17) is 9.84 Å². The lowest BCUT2D eigenvalue weighted by Gasteiger charge is -2.36. The molecule has 2 atom stereocenters. The van der Waals surface area contributed by atoms with Crippen molar-refractivity contribution in [3.05, 3.63) is 18.0 Å². The van der Waals surface area contributed by atoms with Gasteiger partial charge in [0.2, 0.25) is 5.91 Å². The van der Waals surface area contributed by atoms with E-state index in [1.165, 1.54) is 4.90 Å². The van der Waals surface area contributed by atoms with Gasteiger partial charge < -0.3 is 14.7 Å². The van der Waals surface area contributed by atoms with Crippen molar-refractivity contribution in [1.82, 2.24) is 14.7 Å². The summed E-state index contributed by atoms with van der Waals surface area (Å²) in [6, 6.07) is -0.637. The van der Waals surface area contributed by atoms with Crippen LogP contribution < -0.4 is 0 Å². The smallest absolute Gasteiger partial charge is 0.335 e. The first kappa shape index (κ1) is 11.6. The summed E-state index contributed by atoms with van der Waals surface area (Å²) in [6.07, 6.45) is 2.17. The van der Waals surface area contributed by atoms with Gasteiger partial charge >= 0.3 is 5.97 Å². The number of carbonyl (C=O) groups is 2. The Hall–Kier alpha value is -1.89. The van der Waals surface area contributed by atoms with Gasteiger partial charge in [0.1, 0.15) is 6.61 Å². The molecule has 1 amide bonds. The van der Waals surface area contributed by atoms with Crippen LogP contribution in [0, 0.1) is 0 Å². The molecule has 1 aromatic rings. The van der Waals surface area contributed by atoms with E-state index in [1.807, 2.05) is 0 Å². The van der Waals surface area contributed by atoms with E-state index < -0.39 is 18.1 Å². The van der Waals surface area contributed by atoms with Gasteiger partial charge in [0.25, 0.3) is 0 Å². The molecular formula is C10H13N3O4. The maximum absolute atomic E-state index is 11.5. The number of likely N-dealkylation sites (N-methyl/N-ethyl adjacent to an activating group) is 1. The molecule has 1 fully saturated rings. The molecule has 1 N–H and O–H groups in total. The second-order valence-corrected chi connectivity index (χ2v) is 3.97. The number of aromatic nitrogens is 2. The van der Waals surface area contributed by atoms with Gasteiger partial charge in [0.15, 0.2) is 6.10 Å². The fourth-order valence-corrected chi connectivity index (χ4v) is 1.91. The van der Waals surface area contributed by atoms with Crippen molar-refractivity contribution in [2.24, 2.45) is 7.05 Å². The van der Waals surface area contributed by atoms with Gasteiger partial charge in [0, 0.05) is 25.9 Å². The number of rotatable bonds is 2. The first-order valence-corrected chi connectivity index (χ1v) is 5.09. The van der Waals surface area contributed by atoms with Gasteiger partial charge in [-0.05, 0) is 0 Å². The third kappa shape index (κ3) is 2.01. The molecule has 0 aromatic carbocycles. The summed E-state index contributed by atoms with van der Waals surface area (Å²) in [4.78, 5) is 24.0. The average molecular weight is 239 g/mol. The number of hydrogen-bond acceptors (Lipinski definition) is 4. The quantitative estimate of drug-likeness (QED) is 0.745. The van der Waals surface area contributed by atoms with Gasteiger partial charge in [0.05, 0.1) is 12.2 Å². The maximum Gasteiger partial charge on any atom is 0.335 e. The molecule has 2 heterocycles. The number of ether oxygens (including phenoxy) is 1. The van der Waals surface area contributed by atoms with Crippen LogP contribution in [-0.4, -0.2) is 51.4 Å². The molecule has 0 unspecified atom stereocenters. The summed E-state index contributed by atoms with van der Waals surface area (Å²) < 4.78 is 6.63. The minimum Gasteiger partial charge on any atom is -0.479 e. The number of nitrogens with zero attached hydrogens (tertiary/aromatic N) is 3. The third-order valence-corrected chi connectivity index (χ3v) is 2.79. The SMILES string of the molecule is CN1C(=O)CO[C@H](C(=O)O)[C@H]1c1cnn(C)c1. The van der Waals surface area contributed by atoms with Crippen LogP contribution >= 0.6 is 0 Å². The first-order valence-electron chi connectivity index (χ1n) is 5.09. The number of morpholine rings is 1. The van der Waals surface area contributed by atoms with Gasteiger partial charge in [-0.25, -0.2) is 4.79 Å². The number of carboxylic acid groups (broad SMARTS) is 1. The van der Waals surface area contributed by atoms with Gasteiger partial charge in [-0.2, -0.15) is 5.10 Å². The first-order chi connectivity index (χ1) is 8.00. The van der Waals surface area contributed by atoms with Crippen molar-refractivity contribution in [3.63, 3.8) is 0 Å². The van der Waals surface area contributed by atoms with Crippen molar-refractivity contribution in [2.45, 2.75) is 12.1 Å². The molecule has 0 saturated carbocycles. The number of aryl methyl sites for hydroxylation is 1. The second-order valence-electron chi connectivity index (χ2n) is 3.97. The summed E-state index contributed by atoms with van der Waals surface area (Å²) in [5, 5.41) is 13.1. The number of carboxylic acids is 1. The maximum atomic E-state index is 11.5. The Morgan fingerprint density at radius 1 is 1.59 bits per heavy atom. The Labute approximate surface area is 97.6 Å². The lowest BCUT2D eigenvalue weighted by Crippen LogP contribution is -2.49. The molecule has 0 spiro atoms. The molecule has 1 aliphatic rings. The van der Waals surface area contributed by atoms with Crippen molar-refractivity contribution >= 4 is 11.9 Å². The van der Waals surface area contributed by atoms with Crippen LogP contribution in [0.15, 0.2) is 12.4 Å². The Balaban J connectivity index is 2.36. The molecule has 17 heavy (non-hydrogen) atoms. The van der Waals surface area contributed by atoms with Crippen LogP contribution in [0.1, 0.15) is 11.6 Å². The fraction of sp³-hybridized carbons (Fsp3) is 0.500. The summed E-state index contributed by atoms with van der Waals surface area (Å²) in [6.45, 7) is -0.204. The largest absolute Gasteiger partial charge is 0.479 e. The van der Waals surface area contributed by atoms with E-state index in [9.17, 15) is 9.59 Å². The Kier molecular flexibility index (Phi) is 2.84. The molecule has 1 aromatic heterocycles. The van der Waals surface area contributed by atoms with Gasteiger partial charge in [-0.1, -0.05) is 0 Å². The standard InChI is InChI=1S/C10H13N3O4/c1-12-4-6(3-11-12)8-9(10(15)16)17-5-7(14)13(8)2/h3-4,8-9H,5H2,1-2H3,(H,15,16)/t8-,9+/m1/s1. The minimum atomic E-state index is -1.08. The summed E-state index contributed by atoms with van der Waals surface area (Å²) in [5.74, 6) is -1.32. The predicted octanol–water partition coefficient (Wildman–Crippen LogP) is -0.597.